The van der Waals surface area contributed by atoms with Crippen LogP contribution >= 0.6 is 23.2 Å². The predicted molar refractivity (Wildman–Crippen MR) is 68.7 cm³/mol. The number of alkyl halides is 2. The van der Waals surface area contributed by atoms with Gasteiger partial charge in [-0.1, -0.05) is 42.8 Å². The van der Waals surface area contributed by atoms with Crippen LogP contribution in [0.5, 0.6) is 0 Å². The van der Waals surface area contributed by atoms with E-state index in [1.54, 1.807) is 6.92 Å². The Morgan fingerprint density at radius 1 is 1.20 bits per heavy atom. The van der Waals surface area contributed by atoms with Gasteiger partial charge in [-0.2, -0.15) is 0 Å². The number of aryl methyl sites for hydroxylation is 1. The lowest BCUT2D eigenvalue weighted by molar-refractivity contribution is -0.116. The minimum absolute atomic E-state index is 0.194. The van der Waals surface area contributed by atoms with Crippen LogP contribution in [0.2, 0.25) is 0 Å². The van der Waals surface area contributed by atoms with Crippen LogP contribution in [0, 0.1) is 6.92 Å². The standard InChI is InChI=1S/C7H8.C4H8O.CH2Cl2/c1-7-5-3-2-4-6-7;1-3-4(2)5;2-1-3/h2-6H,1H3;3H2,1-2H3;1H2. The molecule has 0 bridgehead atoms. The van der Waals surface area contributed by atoms with Crippen molar-refractivity contribution in [3.05, 3.63) is 35.9 Å². The Bertz CT molecular complexity index is 235. The van der Waals surface area contributed by atoms with Gasteiger partial charge < -0.3 is 4.79 Å². The zero-order valence-electron chi connectivity index (χ0n) is 9.47. The van der Waals surface area contributed by atoms with Gasteiger partial charge in [0, 0.05) is 6.42 Å². The minimum atomic E-state index is 0.194. The number of hydrogen-bond donors (Lipinski definition) is 0. The van der Waals surface area contributed by atoms with E-state index in [4.69, 9.17) is 23.2 Å². The Labute approximate surface area is 102 Å². The molecule has 0 spiro atoms. The Hall–Kier alpha value is -0.530. The second-order valence-corrected chi connectivity index (χ2v) is 3.62. The van der Waals surface area contributed by atoms with E-state index in [-0.39, 0.29) is 11.1 Å². The fourth-order valence-electron chi connectivity index (χ4n) is 0.534. The number of carbonyl (C=O) groups is 1. The molecule has 0 atom stereocenters. The smallest absolute Gasteiger partial charge is 0.129 e. The van der Waals surface area contributed by atoms with Crippen molar-refractivity contribution in [2.24, 2.45) is 0 Å². The van der Waals surface area contributed by atoms with Crippen molar-refractivity contribution in [1.82, 2.24) is 0 Å². The first-order chi connectivity index (χ1) is 7.08. The maximum atomic E-state index is 9.81. The average molecular weight is 249 g/mol. The summed E-state index contributed by atoms with van der Waals surface area (Å²) in [6.07, 6.45) is 0.667. The van der Waals surface area contributed by atoms with Crippen molar-refractivity contribution < 1.29 is 4.79 Å². The zero-order chi connectivity index (χ0) is 12.1. The Balaban J connectivity index is 0. The highest BCUT2D eigenvalue weighted by Gasteiger charge is 1.76. The molecule has 0 heterocycles. The second-order valence-electron chi connectivity index (χ2n) is 2.81. The maximum absolute atomic E-state index is 9.81. The third-order valence-electron chi connectivity index (χ3n) is 1.44. The Morgan fingerprint density at radius 2 is 1.53 bits per heavy atom. The van der Waals surface area contributed by atoms with Gasteiger partial charge in [-0.25, -0.2) is 0 Å². The molecule has 0 aromatic heterocycles. The molecular weight excluding hydrogens is 231 g/mol. The summed E-state index contributed by atoms with van der Waals surface area (Å²) in [5.41, 5.74) is 1.32. The number of carbonyl (C=O) groups excluding carboxylic acids is 1. The highest BCUT2D eigenvalue weighted by atomic mass is 35.5. The van der Waals surface area contributed by atoms with E-state index in [9.17, 15) is 4.79 Å². The van der Waals surface area contributed by atoms with E-state index in [1.165, 1.54) is 5.56 Å². The van der Waals surface area contributed by atoms with E-state index < -0.39 is 0 Å². The van der Waals surface area contributed by atoms with Crippen LogP contribution in [-0.4, -0.2) is 11.1 Å². The van der Waals surface area contributed by atoms with Crippen molar-refractivity contribution in [3.8, 4) is 0 Å². The molecule has 1 aromatic rings. The summed E-state index contributed by atoms with van der Waals surface area (Å²) in [5.74, 6) is 0.255. The Morgan fingerprint density at radius 3 is 1.67 bits per heavy atom. The lowest BCUT2D eigenvalue weighted by Crippen LogP contribution is -1.80. The molecule has 86 valence electrons. The molecule has 0 aliphatic rings. The molecule has 0 radical (unpaired) electrons. The molecule has 1 aromatic carbocycles. The van der Waals surface area contributed by atoms with Crippen molar-refractivity contribution in [2.45, 2.75) is 27.2 Å². The summed E-state index contributed by atoms with van der Waals surface area (Å²) in [5, 5.41) is 0.194. The largest absolute Gasteiger partial charge is 0.300 e. The van der Waals surface area contributed by atoms with E-state index in [1.807, 2.05) is 25.1 Å². The van der Waals surface area contributed by atoms with Crippen LogP contribution < -0.4 is 0 Å². The van der Waals surface area contributed by atoms with Crippen LogP contribution in [0.4, 0.5) is 0 Å². The lowest BCUT2D eigenvalue weighted by Gasteiger charge is -1.82. The number of ketones is 1. The first-order valence-electron chi connectivity index (χ1n) is 4.71. The number of Topliss-reactive ketones (excluding diaryl/α,β-unsaturated/α-hetero) is 1. The number of rotatable bonds is 1. The number of hydrogen-bond acceptors (Lipinski definition) is 1. The Kier molecular flexibility index (Phi) is 15.2. The van der Waals surface area contributed by atoms with Crippen LogP contribution in [0.3, 0.4) is 0 Å². The molecule has 0 fully saturated rings. The first kappa shape index (κ1) is 16.9. The summed E-state index contributed by atoms with van der Waals surface area (Å²) < 4.78 is 0. The van der Waals surface area contributed by atoms with Gasteiger partial charge in [0.2, 0.25) is 0 Å². The highest BCUT2D eigenvalue weighted by Crippen LogP contribution is 1.92. The fourth-order valence-corrected chi connectivity index (χ4v) is 0.534. The molecule has 1 nitrogen and oxygen atoms in total. The normalized spacial score (nSPS) is 7.80. The zero-order valence-corrected chi connectivity index (χ0v) is 11.0. The molecule has 0 amide bonds. The van der Waals surface area contributed by atoms with Gasteiger partial charge in [-0.3, -0.25) is 0 Å². The monoisotopic (exact) mass is 248 g/mol. The topological polar surface area (TPSA) is 17.1 Å². The molecule has 0 N–H and O–H groups in total. The molecular formula is C12H18Cl2O. The summed E-state index contributed by atoms with van der Waals surface area (Å²) in [7, 11) is 0. The van der Waals surface area contributed by atoms with Gasteiger partial charge >= 0.3 is 0 Å². The van der Waals surface area contributed by atoms with E-state index in [2.05, 4.69) is 19.1 Å². The third-order valence-corrected chi connectivity index (χ3v) is 1.44. The minimum Gasteiger partial charge on any atom is -0.300 e. The van der Waals surface area contributed by atoms with Gasteiger partial charge in [0.25, 0.3) is 0 Å². The molecule has 15 heavy (non-hydrogen) atoms. The predicted octanol–water partition coefficient (Wildman–Crippen LogP) is 4.40. The molecule has 0 saturated heterocycles. The van der Waals surface area contributed by atoms with Gasteiger partial charge in [0.1, 0.15) is 5.78 Å². The van der Waals surface area contributed by atoms with E-state index in [0.717, 1.165) is 0 Å². The van der Waals surface area contributed by atoms with Crippen molar-refractivity contribution in [2.75, 3.05) is 5.34 Å². The molecule has 1 rings (SSSR count). The van der Waals surface area contributed by atoms with Gasteiger partial charge in [-0.05, 0) is 13.8 Å². The van der Waals surface area contributed by atoms with Crippen molar-refractivity contribution in [1.29, 1.82) is 0 Å². The summed E-state index contributed by atoms with van der Waals surface area (Å²) >= 11 is 9.53. The van der Waals surface area contributed by atoms with Crippen molar-refractivity contribution in [3.63, 3.8) is 0 Å². The number of halogens is 2. The average Bonchev–Trinajstić information content (AvgIpc) is 2.21. The van der Waals surface area contributed by atoms with Gasteiger partial charge in [0.15, 0.2) is 0 Å². The lowest BCUT2D eigenvalue weighted by atomic mass is 10.2. The second kappa shape index (κ2) is 13.5. The maximum Gasteiger partial charge on any atom is 0.129 e. The van der Waals surface area contributed by atoms with E-state index >= 15 is 0 Å². The summed E-state index contributed by atoms with van der Waals surface area (Å²) in [6.45, 7) is 5.52. The fraction of sp³-hybridized carbons (Fsp3) is 0.417. The molecule has 3 heteroatoms. The summed E-state index contributed by atoms with van der Waals surface area (Å²) in [4.78, 5) is 9.81. The summed E-state index contributed by atoms with van der Waals surface area (Å²) in [6, 6.07) is 10.3. The van der Waals surface area contributed by atoms with E-state index in [0.29, 0.717) is 6.42 Å². The molecule has 0 unspecified atom stereocenters. The molecule has 0 aliphatic carbocycles. The molecule has 0 saturated carbocycles. The van der Waals surface area contributed by atoms with Crippen LogP contribution in [0.15, 0.2) is 30.3 Å². The first-order valence-corrected chi connectivity index (χ1v) is 5.78. The number of benzene rings is 1. The molecule has 0 aliphatic heterocycles. The third kappa shape index (κ3) is 19.8. The SMILES string of the molecule is CCC(C)=O.Cc1ccccc1.ClCCl. The van der Waals surface area contributed by atoms with Crippen LogP contribution in [-0.2, 0) is 4.79 Å². The quantitative estimate of drug-likeness (QED) is 0.674. The van der Waals surface area contributed by atoms with Crippen molar-refractivity contribution >= 4 is 29.0 Å². The van der Waals surface area contributed by atoms with Gasteiger partial charge in [-0.15, -0.1) is 23.2 Å². The van der Waals surface area contributed by atoms with Crippen LogP contribution in [0.1, 0.15) is 25.8 Å². The highest BCUT2D eigenvalue weighted by molar-refractivity contribution is 6.40. The van der Waals surface area contributed by atoms with Crippen LogP contribution in [0.25, 0.3) is 0 Å². The van der Waals surface area contributed by atoms with Gasteiger partial charge in [0.05, 0.1) is 5.34 Å².